The van der Waals surface area contributed by atoms with E-state index in [9.17, 15) is 0 Å². The molecule has 1 saturated carbocycles. The Bertz CT molecular complexity index is 318. The molecule has 3 unspecified atom stereocenters. The summed E-state index contributed by atoms with van der Waals surface area (Å²) in [4.78, 5) is 4.40. The lowest BCUT2D eigenvalue weighted by atomic mass is 9.90. The normalized spacial score (nSPS) is 28.2. The number of imidazole rings is 1. The third kappa shape index (κ3) is 1.93. The predicted molar refractivity (Wildman–Crippen MR) is 61.3 cm³/mol. The predicted octanol–water partition coefficient (Wildman–Crippen LogP) is 2.34. The maximum atomic E-state index is 6.33. The molecule has 3 nitrogen and oxygen atoms in total. The minimum atomic E-state index is 0.123. The molecule has 15 heavy (non-hydrogen) atoms. The van der Waals surface area contributed by atoms with E-state index in [1.165, 1.54) is 19.3 Å². The van der Waals surface area contributed by atoms with Gasteiger partial charge in [-0.1, -0.05) is 19.8 Å². The average molecular weight is 207 g/mol. The molecule has 0 spiro atoms. The monoisotopic (exact) mass is 207 g/mol. The van der Waals surface area contributed by atoms with Crippen LogP contribution in [0.4, 0.5) is 0 Å². The molecule has 1 aliphatic carbocycles. The molecular weight excluding hydrogens is 186 g/mol. The molecule has 2 rings (SSSR count). The van der Waals surface area contributed by atoms with Gasteiger partial charge in [0.2, 0.25) is 0 Å². The van der Waals surface area contributed by atoms with Crippen LogP contribution in [0.1, 0.15) is 45.0 Å². The van der Waals surface area contributed by atoms with Gasteiger partial charge in [-0.3, -0.25) is 0 Å². The number of nitrogens with zero attached hydrogens (tertiary/aromatic N) is 2. The summed E-state index contributed by atoms with van der Waals surface area (Å²) in [6, 6.07) is 0.123. The zero-order valence-electron chi connectivity index (χ0n) is 9.69. The molecule has 1 aromatic rings. The fourth-order valence-corrected chi connectivity index (χ4v) is 2.78. The van der Waals surface area contributed by atoms with Crippen molar-refractivity contribution in [1.82, 2.24) is 9.55 Å². The van der Waals surface area contributed by atoms with Crippen LogP contribution in [-0.2, 0) is 6.54 Å². The number of hydrogen-bond donors (Lipinski definition) is 1. The molecule has 1 fully saturated rings. The van der Waals surface area contributed by atoms with Crippen molar-refractivity contribution in [3.05, 3.63) is 18.2 Å². The number of aromatic nitrogens is 2. The van der Waals surface area contributed by atoms with Gasteiger partial charge in [-0.2, -0.15) is 0 Å². The Kier molecular flexibility index (Phi) is 3.10. The summed E-state index contributed by atoms with van der Waals surface area (Å²) in [7, 11) is 0. The summed E-state index contributed by atoms with van der Waals surface area (Å²) in [5, 5.41) is 0. The maximum Gasteiger partial charge on any atom is 0.125 e. The lowest BCUT2D eigenvalue weighted by Crippen LogP contribution is -2.26. The highest BCUT2D eigenvalue weighted by molar-refractivity contribution is 5.02. The van der Waals surface area contributed by atoms with E-state index in [0.717, 1.165) is 18.3 Å². The number of hydrogen-bond acceptors (Lipinski definition) is 2. The lowest BCUT2D eigenvalue weighted by molar-refractivity contribution is 0.334. The van der Waals surface area contributed by atoms with E-state index in [1.807, 2.05) is 12.4 Å². The quantitative estimate of drug-likeness (QED) is 0.826. The van der Waals surface area contributed by atoms with Crippen LogP contribution in [0.15, 0.2) is 12.4 Å². The van der Waals surface area contributed by atoms with Crippen molar-refractivity contribution in [2.24, 2.45) is 17.6 Å². The Morgan fingerprint density at radius 1 is 1.60 bits per heavy atom. The molecule has 84 valence electrons. The summed E-state index contributed by atoms with van der Waals surface area (Å²) < 4.78 is 2.16. The Morgan fingerprint density at radius 3 is 3.00 bits per heavy atom. The molecule has 1 heterocycles. The summed E-state index contributed by atoms with van der Waals surface area (Å²) in [5.41, 5.74) is 6.33. The van der Waals surface area contributed by atoms with Gasteiger partial charge >= 0.3 is 0 Å². The zero-order chi connectivity index (χ0) is 10.8. The first-order valence-electron chi connectivity index (χ1n) is 6.00. The van der Waals surface area contributed by atoms with Crippen LogP contribution >= 0.6 is 0 Å². The van der Waals surface area contributed by atoms with Crippen LogP contribution in [0.3, 0.4) is 0 Å². The largest absolute Gasteiger partial charge is 0.334 e. The van der Waals surface area contributed by atoms with E-state index in [2.05, 4.69) is 23.4 Å². The van der Waals surface area contributed by atoms with E-state index in [-0.39, 0.29) is 6.04 Å². The summed E-state index contributed by atoms with van der Waals surface area (Å²) in [6.45, 7) is 5.41. The van der Waals surface area contributed by atoms with Gasteiger partial charge in [0.15, 0.2) is 0 Å². The van der Waals surface area contributed by atoms with Crippen LogP contribution in [0.25, 0.3) is 0 Å². The van der Waals surface area contributed by atoms with Crippen molar-refractivity contribution in [2.45, 2.75) is 45.7 Å². The summed E-state index contributed by atoms with van der Waals surface area (Å²) in [5.74, 6) is 2.44. The van der Waals surface area contributed by atoms with Gasteiger partial charge in [-0.05, 0) is 25.2 Å². The van der Waals surface area contributed by atoms with Crippen molar-refractivity contribution in [3.63, 3.8) is 0 Å². The van der Waals surface area contributed by atoms with E-state index < -0.39 is 0 Å². The number of nitrogens with two attached hydrogens (primary N) is 1. The summed E-state index contributed by atoms with van der Waals surface area (Å²) in [6.07, 6.45) is 7.80. The Balaban J connectivity index is 2.16. The third-order valence-corrected chi connectivity index (χ3v) is 3.78. The molecule has 1 aromatic heterocycles. The molecule has 0 saturated heterocycles. The Morgan fingerprint density at radius 2 is 2.40 bits per heavy atom. The van der Waals surface area contributed by atoms with Gasteiger partial charge in [-0.15, -0.1) is 0 Å². The molecule has 3 heteroatoms. The highest BCUT2D eigenvalue weighted by Gasteiger charge is 2.31. The molecule has 3 atom stereocenters. The molecule has 0 aromatic carbocycles. The first-order chi connectivity index (χ1) is 7.24. The minimum absolute atomic E-state index is 0.123. The zero-order valence-corrected chi connectivity index (χ0v) is 9.69. The number of rotatable bonds is 3. The Hall–Kier alpha value is -0.830. The highest BCUT2D eigenvalue weighted by atomic mass is 15.1. The number of aryl methyl sites for hydroxylation is 1. The van der Waals surface area contributed by atoms with Gasteiger partial charge in [-0.25, -0.2) is 4.98 Å². The molecule has 0 radical (unpaired) electrons. The van der Waals surface area contributed by atoms with Crippen molar-refractivity contribution in [2.75, 3.05) is 0 Å². The highest BCUT2D eigenvalue weighted by Crippen LogP contribution is 2.38. The lowest BCUT2D eigenvalue weighted by Gasteiger charge is -2.23. The van der Waals surface area contributed by atoms with E-state index in [1.54, 1.807) is 0 Å². The standard InChI is InChI=1S/C12H21N3/c1-3-15-8-7-14-12(15)11(13)10-6-4-5-9(10)2/h7-11H,3-6,13H2,1-2H3. The second kappa shape index (κ2) is 4.35. The van der Waals surface area contributed by atoms with Crippen LogP contribution in [0.2, 0.25) is 0 Å². The van der Waals surface area contributed by atoms with Crippen molar-refractivity contribution in [3.8, 4) is 0 Å². The smallest absolute Gasteiger partial charge is 0.125 e. The molecular formula is C12H21N3. The van der Waals surface area contributed by atoms with Crippen LogP contribution in [0, 0.1) is 11.8 Å². The van der Waals surface area contributed by atoms with E-state index in [0.29, 0.717) is 5.92 Å². The Labute approximate surface area is 91.7 Å². The van der Waals surface area contributed by atoms with Crippen LogP contribution < -0.4 is 5.73 Å². The molecule has 0 bridgehead atoms. The van der Waals surface area contributed by atoms with Gasteiger partial charge in [0, 0.05) is 18.9 Å². The molecule has 1 aliphatic rings. The fourth-order valence-electron chi connectivity index (χ4n) is 2.78. The SMILES string of the molecule is CCn1ccnc1C(N)C1CCCC1C. The van der Waals surface area contributed by atoms with E-state index in [4.69, 9.17) is 5.73 Å². The average Bonchev–Trinajstić information content (AvgIpc) is 2.84. The van der Waals surface area contributed by atoms with Crippen molar-refractivity contribution >= 4 is 0 Å². The first kappa shape index (κ1) is 10.7. The fraction of sp³-hybridized carbons (Fsp3) is 0.750. The third-order valence-electron chi connectivity index (χ3n) is 3.78. The minimum Gasteiger partial charge on any atom is -0.334 e. The second-order valence-electron chi connectivity index (χ2n) is 4.67. The van der Waals surface area contributed by atoms with E-state index >= 15 is 0 Å². The molecule has 0 amide bonds. The van der Waals surface area contributed by atoms with Gasteiger partial charge < -0.3 is 10.3 Å². The summed E-state index contributed by atoms with van der Waals surface area (Å²) >= 11 is 0. The van der Waals surface area contributed by atoms with Gasteiger partial charge in [0.1, 0.15) is 5.82 Å². The van der Waals surface area contributed by atoms with Gasteiger partial charge in [0.05, 0.1) is 6.04 Å². The molecule has 0 aliphatic heterocycles. The van der Waals surface area contributed by atoms with Crippen molar-refractivity contribution < 1.29 is 0 Å². The topological polar surface area (TPSA) is 43.8 Å². The van der Waals surface area contributed by atoms with Crippen LogP contribution in [0.5, 0.6) is 0 Å². The van der Waals surface area contributed by atoms with Gasteiger partial charge in [0.25, 0.3) is 0 Å². The molecule has 2 N–H and O–H groups in total. The van der Waals surface area contributed by atoms with Crippen molar-refractivity contribution in [1.29, 1.82) is 0 Å². The maximum absolute atomic E-state index is 6.33. The first-order valence-corrected chi connectivity index (χ1v) is 6.00. The second-order valence-corrected chi connectivity index (χ2v) is 4.67. The van der Waals surface area contributed by atoms with Crippen LogP contribution in [-0.4, -0.2) is 9.55 Å².